The molecular formula is C58H50N2. The molecule has 0 saturated carbocycles. The smallest absolute Gasteiger partial charge is 0.0433 e. The molecule has 0 bridgehead atoms. The Labute approximate surface area is 356 Å². The van der Waals surface area contributed by atoms with Crippen LogP contribution in [-0.4, -0.2) is 0 Å². The van der Waals surface area contributed by atoms with Crippen molar-refractivity contribution in [2.45, 2.75) is 26.2 Å². The van der Waals surface area contributed by atoms with E-state index in [1.807, 2.05) is 0 Å². The van der Waals surface area contributed by atoms with Crippen molar-refractivity contribution in [2.75, 3.05) is 9.80 Å². The summed E-state index contributed by atoms with van der Waals surface area (Å²) in [5.41, 5.74) is 14.6. The van der Waals surface area contributed by atoms with Crippen molar-refractivity contribution in [3.05, 3.63) is 299 Å². The Hall–Kier alpha value is -7.42. The van der Waals surface area contributed by atoms with E-state index >= 15 is 0 Å². The molecule has 8 rings (SSSR count). The van der Waals surface area contributed by atoms with Crippen molar-refractivity contribution in [1.29, 1.82) is 0 Å². The maximum absolute atomic E-state index is 2.46. The van der Waals surface area contributed by atoms with Gasteiger partial charge in [-0.25, -0.2) is 0 Å². The minimum atomic E-state index is 0.821. The van der Waals surface area contributed by atoms with Crippen LogP contribution in [0.5, 0.6) is 0 Å². The topological polar surface area (TPSA) is 6.48 Å². The highest BCUT2D eigenvalue weighted by Crippen LogP contribution is 2.31. The van der Waals surface area contributed by atoms with Crippen LogP contribution in [0, 0.1) is 0 Å². The molecule has 2 heteroatoms. The van der Waals surface area contributed by atoms with Crippen LogP contribution in [0.3, 0.4) is 0 Å². The van der Waals surface area contributed by atoms with Crippen LogP contribution in [0.1, 0.15) is 44.5 Å². The number of nitrogens with zero attached hydrogens (tertiary/aromatic N) is 2. The molecule has 0 atom stereocenters. The minimum absolute atomic E-state index is 0.821. The van der Waals surface area contributed by atoms with Crippen LogP contribution < -0.4 is 9.80 Å². The number of anilines is 2. The monoisotopic (exact) mass is 774 g/mol. The summed E-state index contributed by atoms with van der Waals surface area (Å²) in [5, 5.41) is 0. The van der Waals surface area contributed by atoms with Gasteiger partial charge in [-0.3, -0.25) is 0 Å². The third-order valence-corrected chi connectivity index (χ3v) is 10.8. The molecule has 292 valence electrons. The summed E-state index contributed by atoms with van der Waals surface area (Å²) in [4.78, 5) is 4.92. The van der Waals surface area contributed by atoms with Gasteiger partial charge in [0.25, 0.3) is 0 Å². The number of benzene rings is 8. The minimum Gasteiger partial charge on any atom is -0.363 e. The van der Waals surface area contributed by atoms with Gasteiger partial charge >= 0.3 is 0 Å². The van der Waals surface area contributed by atoms with Crippen molar-refractivity contribution >= 4 is 22.5 Å². The molecular weight excluding hydrogens is 725 g/mol. The maximum Gasteiger partial charge on any atom is 0.0433 e. The van der Waals surface area contributed by atoms with E-state index in [9.17, 15) is 0 Å². The summed E-state index contributed by atoms with van der Waals surface area (Å²) in [5.74, 6) is 0. The molecule has 60 heavy (non-hydrogen) atoms. The summed E-state index contributed by atoms with van der Waals surface area (Å²) < 4.78 is 0. The highest BCUT2D eigenvalue weighted by molar-refractivity contribution is 5.83. The summed E-state index contributed by atoms with van der Waals surface area (Å²) in [6.07, 6.45) is 8.82. The first-order chi connectivity index (χ1) is 29.7. The van der Waals surface area contributed by atoms with E-state index in [1.165, 1.54) is 50.3 Å². The highest BCUT2D eigenvalue weighted by Gasteiger charge is 2.13. The van der Waals surface area contributed by atoms with Gasteiger partial charge in [-0.2, -0.15) is 0 Å². The van der Waals surface area contributed by atoms with E-state index in [1.54, 1.807) is 0 Å². The normalized spacial score (nSPS) is 10.9. The predicted octanol–water partition coefficient (Wildman–Crippen LogP) is 14.2. The molecule has 0 unspecified atom stereocenters. The third-order valence-electron chi connectivity index (χ3n) is 10.8. The Morgan fingerprint density at radius 2 is 0.500 bits per heavy atom. The third kappa shape index (κ3) is 10.7. The first-order valence-electron chi connectivity index (χ1n) is 20.8. The lowest BCUT2D eigenvalue weighted by molar-refractivity contribution is 0.800. The molecule has 0 aliphatic heterocycles. The van der Waals surface area contributed by atoms with E-state index in [2.05, 4.69) is 265 Å². The second kappa shape index (κ2) is 20.3. The Kier molecular flexibility index (Phi) is 13.3. The molecule has 0 radical (unpaired) electrons. The van der Waals surface area contributed by atoms with E-state index < -0.39 is 0 Å². The molecule has 0 heterocycles. The summed E-state index contributed by atoms with van der Waals surface area (Å²) >= 11 is 0. The fourth-order valence-corrected chi connectivity index (χ4v) is 7.65. The molecule has 0 N–H and O–H groups in total. The number of hydrogen-bond acceptors (Lipinski definition) is 2. The van der Waals surface area contributed by atoms with Gasteiger partial charge in [0.1, 0.15) is 0 Å². The first kappa shape index (κ1) is 39.4. The number of hydrogen-bond donors (Lipinski definition) is 0. The van der Waals surface area contributed by atoms with Gasteiger partial charge in [-0.1, -0.05) is 231 Å². The molecule has 0 amide bonds. The Bertz CT molecular complexity index is 2320. The van der Waals surface area contributed by atoms with Gasteiger partial charge in [-0.05, 0) is 79.9 Å². The molecule has 0 saturated heterocycles. The van der Waals surface area contributed by atoms with E-state index in [-0.39, 0.29) is 0 Å². The Morgan fingerprint density at radius 1 is 0.267 bits per heavy atom. The fourth-order valence-electron chi connectivity index (χ4n) is 7.65. The summed E-state index contributed by atoms with van der Waals surface area (Å²) in [7, 11) is 0. The van der Waals surface area contributed by atoms with Crippen LogP contribution in [0.25, 0.3) is 11.1 Å². The lowest BCUT2D eigenvalue weighted by atomic mass is 9.96. The average molecular weight is 775 g/mol. The van der Waals surface area contributed by atoms with Gasteiger partial charge in [0, 0.05) is 37.6 Å². The van der Waals surface area contributed by atoms with Crippen molar-refractivity contribution in [3.63, 3.8) is 0 Å². The fraction of sp³-hybridized carbons (Fsp3) is 0.0690. The van der Waals surface area contributed by atoms with Gasteiger partial charge in [-0.15, -0.1) is 0 Å². The summed E-state index contributed by atoms with van der Waals surface area (Å²) in [6, 6.07) is 82.4. The SMILES string of the molecule is C(=CC=C(c1ccc(N(Cc2ccccc2)Cc2ccccc2)cc1)c1ccc(N(Cc2ccccc2)Cc2ccccc2)cc1)C=C(c1ccccc1)c1ccccc1. The van der Waals surface area contributed by atoms with E-state index in [4.69, 9.17) is 0 Å². The second-order valence-electron chi connectivity index (χ2n) is 15.0. The van der Waals surface area contributed by atoms with E-state index in [0.29, 0.717) is 0 Å². The van der Waals surface area contributed by atoms with Crippen molar-refractivity contribution in [1.82, 2.24) is 0 Å². The lowest BCUT2D eigenvalue weighted by Crippen LogP contribution is -2.22. The maximum atomic E-state index is 2.46. The molecule has 0 aliphatic carbocycles. The van der Waals surface area contributed by atoms with Crippen LogP contribution in [0.15, 0.2) is 255 Å². The van der Waals surface area contributed by atoms with Crippen LogP contribution in [0.2, 0.25) is 0 Å². The first-order valence-corrected chi connectivity index (χ1v) is 20.8. The van der Waals surface area contributed by atoms with Gasteiger partial charge in [0.05, 0.1) is 0 Å². The van der Waals surface area contributed by atoms with Crippen LogP contribution in [-0.2, 0) is 26.2 Å². The van der Waals surface area contributed by atoms with Crippen molar-refractivity contribution in [3.8, 4) is 0 Å². The van der Waals surface area contributed by atoms with Gasteiger partial charge in [0.2, 0.25) is 0 Å². The number of allylic oxidation sites excluding steroid dienone is 4. The quantitative estimate of drug-likeness (QED) is 0.0902. The largest absolute Gasteiger partial charge is 0.363 e. The lowest BCUT2D eigenvalue weighted by Gasteiger charge is -2.26. The zero-order valence-electron chi connectivity index (χ0n) is 34.0. The van der Waals surface area contributed by atoms with Crippen molar-refractivity contribution < 1.29 is 0 Å². The second-order valence-corrected chi connectivity index (χ2v) is 15.0. The van der Waals surface area contributed by atoms with Crippen LogP contribution in [0.4, 0.5) is 11.4 Å². The zero-order valence-corrected chi connectivity index (χ0v) is 34.0. The van der Waals surface area contributed by atoms with Gasteiger partial charge < -0.3 is 9.80 Å². The Balaban J connectivity index is 1.14. The van der Waals surface area contributed by atoms with Crippen LogP contribution >= 0.6 is 0 Å². The van der Waals surface area contributed by atoms with E-state index in [0.717, 1.165) is 42.9 Å². The highest BCUT2D eigenvalue weighted by atomic mass is 15.1. The number of rotatable bonds is 16. The molecule has 8 aromatic carbocycles. The Morgan fingerprint density at radius 3 is 0.767 bits per heavy atom. The average Bonchev–Trinajstić information content (AvgIpc) is 3.32. The summed E-state index contributed by atoms with van der Waals surface area (Å²) in [6.45, 7) is 3.29. The standard InChI is InChI=1S/C58H50N2/c1-7-21-47(22-8-1)43-59(44-48-23-9-2-10-24-48)55-39-35-53(36-40-55)58(34-20-19-33-57(51-29-15-5-16-30-51)52-31-17-6-18-32-52)54-37-41-56(42-38-54)60(45-49-25-11-3-12-26-49)46-50-27-13-4-14-28-50/h1-42H,43-46H2. The molecule has 2 nitrogen and oxygen atoms in total. The molecule has 0 aliphatic rings. The molecule has 8 aromatic rings. The predicted molar refractivity (Wildman–Crippen MR) is 255 cm³/mol. The molecule has 0 spiro atoms. The molecule has 0 fully saturated rings. The zero-order chi connectivity index (χ0) is 40.6. The van der Waals surface area contributed by atoms with Crippen molar-refractivity contribution in [2.24, 2.45) is 0 Å². The van der Waals surface area contributed by atoms with Gasteiger partial charge in [0.15, 0.2) is 0 Å². The molecule has 0 aromatic heterocycles.